The summed E-state index contributed by atoms with van der Waals surface area (Å²) in [7, 11) is 1.49. The molecule has 0 spiro atoms. The van der Waals surface area contributed by atoms with Crippen LogP contribution in [0.25, 0.3) is 0 Å². The minimum Gasteiger partial charge on any atom is -0.506 e. The van der Waals surface area contributed by atoms with Crippen LogP contribution in [0.3, 0.4) is 0 Å². The van der Waals surface area contributed by atoms with E-state index < -0.39 is 5.41 Å². The van der Waals surface area contributed by atoms with Crippen LogP contribution < -0.4 is 10.8 Å². The Morgan fingerprint density at radius 1 is 1.17 bits per heavy atom. The Balaban J connectivity index is 1.54. The minimum absolute atomic E-state index is 0.0343. The van der Waals surface area contributed by atoms with E-state index in [0.29, 0.717) is 5.69 Å². The number of phenolic OH excluding ortho intramolecular Hbond substituents is 1. The van der Waals surface area contributed by atoms with Crippen molar-refractivity contribution in [2.75, 3.05) is 32.2 Å². The number of aromatic hydroxyl groups is 1. The van der Waals surface area contributed by atoms with E-state index in [9.17, 15) is 9.90 Å². The molecule has 4 rings (SSSR count). The molecule has 2 aromatic rings. The fourth-order valence-corrected chi connectivity index (χ4v) is 4.24. The number of anilines is 1. The van der Waals surface area contributed by atoms with Gasteiger partial charge in [0.15, 0.2) is 0 Å². The van der Waals surface area contributed by atoms with E-state index in [-0.39, 0.29) is 17.7 Å². The van der Waals surface area contributed by atoms with E-state index in [2.05, 4.69) is 27.8 Å². The largest absolute Gasteiger partial charge is 0.506 e. The van der Waals surface area contributed by atoms with Crippen LogP contribution in [0.15, 0.2) is 48.5 Å². The number of phenols is 1. The smallest absolute Gasteiger partial charge is 0.231 e. The van der Waals surface area contributed by atoms with Gasteiger partial charge in [0, 0.05) is 6.54 Å². The predicted octanol–water partition coefficient (Wildman–Crippen LogP) is 3.35. The second-order valence-corrected chi connectivity index (χ2v) is 8.06. The van der Waals surface area contributed by atoms with Crippen LogP contribution in [-0.2, 0) is 15.0 Å². The highest BCUT2D eigenvalue weighted by Crippen LogP contribution is 2.50. The average molecular weight is 396 g/mol. The van der Waals surface area contributed by atoms with Crippen LogP contribution in [0.1, 0.15) is 42.9 Å². The number of likely N-dealkylation sites (tertiary alicyclic amines) is 1. The third-order valence-electron chi connectivity index (χ3n) is 6.09. The predicted molar refractivity (Wildman–Crippen MR) is 113 cm³/mol. The highest BCUT2D eigenvalue weighted by Gasteiger charge is 2.52. The Morgan fingerprint density at radius 2 is 1.90 bits per heavy atom. The van der Waals surface area contributed by atoms with Gasteiger partial charge >= 0.3 is 0 Å². The van der Waals surface area contributed by atoms with Crippen molar-refractivity contribution < 1.29 is 14.7 Å². The molecule has 154 valence electrons. The van der Waals surface area contributed by atoms with E-state index in [1.165, 1.54) is 20.0 Å². The Hall–Kier alpha value is -2.57. The lowest BCUT2D eigenvalue weighted by Crippen LogP contribution is -2.41. The second-order valence-electron chi connectivity index (χ2n) is 8.06. The van der Waals surface area contributed by atoms with Crippen molar-refractivity contribution in [3.63, 3.8) is 0 Å². The SMILES string of the molecule is CONc1cc(C2(C(=O)N[C@H](CN3CCCC3)c3ccccc3)CC2)ccc1O. The zero-order valence-electron chi connectivity index (χ0n) is 16.9. The molecule has 0 aromatic heterocycles. The zero-order valence-corrected chi connectivity index (χ0v) is 16.9. The van der Waals surface area contributed by atoms with Crippen LogP contribution >= 0.6 is 0 Å². The standard InChI is InChI=1S/C23H29N3O3/c1-29-25-19-15-18(9-10-21(19)27)23(11-12-23)22(28)24-20(16-26-13-5-6-14-26)17-7-3-2-4-8-17/h2-4,7-10,15,20,25,27H,5-6,11-14,16H2,1H3,(H,24,28)/t20-/m1/s1. The fraction of sp³-hybridized carbons (Fsp3) is 0.435. The molecule has 6 nitrogen and oxygen atoms in total. The molecule has 2 fully saturated rings. The molecule has 2 aromatic carbocycles. The molecule has 1 atom stereocenters. The topological polar surface area (TPSA) is 73.8 Å². The van der Waals surface area contributed by atoms with Gasteiger partial charge in [0.2, 0.25) is 5.91 Å². The molecule has 0 bridgehead atoms. The maximum Gasteiger partial charge on any atom is 0.231 e. The second kappa shape index (κ2) is 8.43. The van der Waals surface area contributed by atoms with Crippen LogP contribution in [0, 0.1) is 0 Å². The first-order valence-electron chi connectivity index (χ1n) is 10.3. The van der Waals surface area contributed by atoms with Crippen LogP contribution in [0.4, 0.5) is 5.69 Å². The van der Waals surface area contributed by atoms with Crippen molar-refractivity contribution in [1.82, 2.24) is 10.2 Å². The fourth-order valence-electron chi connectivity index (χ4n) is 4.24. The number of hydrogen-bond donors (Lipinski definition) is 3. The average Bonchev–Trinajstić information content (AvgIpc) is 3.40. The molecule has 1 saturated carbocycles. The molecule has 1 aliphatic carbocycles. The third-order valence-corrected chi connectivity index (χ3v) is 6.09. The number of nitrogens with one attached hydrogen (secondary N) is 2. The number of rotatable bonds is 8. The van der Waals surface area contributed by atoms with Crippen molar-refractivity contribution in [1.29, 1.82) is 0 Å². The lowest BCUT2D eigenvalue weighted by molar-refractivity contribution is -0.124. The van der Waals surface area contributed by atoms with Crippen molar-refractivity contribution in [2.45, 2.75) is 37.1 Å². The van der Waals surface area contributed by atoms with Crippen molar-refractivity contribution in [3.05, 3.63) is 59.7 Å². The molecule has 1 amide bonds. The number of carbonyl (C=O) groups is 1. The molecule has 3 N–H and O–H groups in total. The molecule has 0 radical (unpaired) electrons. The number of benzene rings is 2. The molecule has 1 saturated heterocycles. The zero-order chi connectivity index (χ0) is 20.3. The van der Waals surface area contributed by atoms with Gasteiger partial charge in [0.05, 0.1) is 18.6 Å². The summed E-state index contributed by atoms with van der Waals surface area (Å²) in [5, 5.41) is 13.3. The molecule has 2 aliphatic rings. The normalized spacial score (nSPS) is 18.9. The Bertz CT molecular complexity index is 846. The van der Waals surface area contributed by atoms with Gasteiger partial charge in [-0.3, -0.25) is 15.1 Å². The van der Waals surface area contributed by atoms with Crippen LogP contribution in [0.2, 0.25) is 0 Å². The number of carbonyl (C=O) groups excluding carboxylic acids is 1. The van der Waals surface area contributed by atoms with Crippen LogP contribution in [0.5, 0.6) is 5.75 Å². The van der Waals surface area contributed by atoms with E-state index >= 15 is 0 Å². The van der Waals surface area contributed by atoms with Crippen molar-refractivity contribution in [2.24, 2.45) is 0 Å². The molecule has 29 heavy (non-hydrogen) atoms. The number of hydrogen-bond acceptors (Lipinski definition) is 5. The van der Waals surface area contributed by atoms with Gasteiger partial charge in [-0.25, -0.2) is 0 Å². The lowest BCUT2D eigenvalue weighted by Gasteiger charge is -2.27. The Kier molecular flexibility index (Phi) is 5.74. The molecule has 1 aliphatic heterocycles. The van der Waals surface area contributed by atoms with Gasteiger partial charge in [-0.2, -0.15) is 0 Å². The van der Waals surface area contributed by atoms with Gasteiger partial charge in [0.1, 0.15) is 11.4 Å². The van der Waals surface area contributed by atoms with Crippen molar-refractivity contribution in [3.8, 4) is 5.75 Å². The van der Waals surface area contributed by atoms with Gasteiger partial charge in [-0.15, -0.1) is 0 Å². The molecular formula is C23H29N3O3. The first-order chi connectivity index (χ1) is 14.1. The maximum atomic E-state index is 13.4. The number of nitrogens with zero attached hydrogens (tertiary/aromatic N) is 1. The van der Waals surface area contributed by atoms with Crippen LogP contribution in [-0.4, -0.2) is 42.7 Å². The number of amides is 1. The summed E-state index contributed by atoms with van der Waals surface area (Å²) in [6.45, 7) is 3.01. The van der Waals surface area contributed by atoms with Crippen molar-refractivity contribution >= 4 is 11.6 Å². The molecule has 1 heterocycles. The highest BCUT2D eigenvalue weighted by molar-refractivity contribution is 5.92. The Labute approximate surface area is 171 Å². The minimum atomic E-state index is -0.532. The van der Waals surface area contributed by atoms with E-state index in [1.54, 1.807) is 6.07 Å². The van der Waals surface area contributed by atoms with E-state index in [1.807, 2.05) is 30.3 Å². The maximum absolute atomic E-state index is 13.4. The first kappa shape index (κ1) is 19.7. The quantitative estimate of drug-likeness (QED) is 0.472. The lowest BCUT2D eigenvalue weighted by atomic mass is 9.93. The molecule has 6 heteroatoms. The van der Waals surface area contributed by atoms with Gasteiger partial charge in [-0.05, 0) is 62.0 Å². The van der Waals surface area contributed by atoms with E-state index in [4.69, 9.17) is 4.84 Å². The Morgan fingerprint density at radius 3 is 2.55 bits per heavy atom. The molecular weight excluding hydrogens is 366 g/mol. The summed E-state index contributed by atoms with van der Waals surface area (Å²) in [5.74, 6) is 0.155. The monoisotopic (exact) mass is 395 g/mol. The summed E-state index contributed by atoms with van der Waals surface area (Å²) in [4.78, 5) is 20.8. The summed E-state index contributed by atoms with van der Waals surface area (Å²) >= 11 is 0. The van der Waals surface area contributed by atoms with Gasteiger partial charge < -0.3 is 15.3 Å². The molecule has 0 unspecified atom stereocenters. The summed E-state index contributed by atoms with van der Waals surface area (Å²) < 4.78 is 0. The third kappa shape index (κ3) is 4.23. The van der Waals surface area contributed by atoms with Gasteiger partial charge in [-0.1, -0.05) is 36.4 Å². The summed E-state index contributed by atoms with van der Waals surface area (Å²) in [5.41, 5.74) is 4.66. The summed E-state index contributed by atoms with van der Waals surface area (Å²) in [6, 6.07) is 15.4. The van der Waals surface area contributed by atoms with E-state index in [0.717, 1.165) is 43.6 Å². The first-order valence-corrected chi connectivity index (χ1v) is 10.3. The van der Waals surface area contributed by atoms with Gasteiger partial charge in [0.25, 0.3) is 0 Å². The highest BCUT2D eigenvalue weighted by atomic mass is 16.6. The summed E-state index contributed by atoms with van der Waals surface area (Å²) in [6.07, 6.45) is 4.06.